The van der Waals surface area contributed by atoms with Crippen LogP contribution < -0.4 is 0 Å². The molecule has 1 aliphatic rings. The largest absolute Gasteiger partial charge is 0.476 e. The van der Waals surface area contributed by atoms with Crippen molar-refractivity contribution in [2.24, 2.45) is 0 Å². The maximum absolute atomic E-state index is 10.7. The Morgan fingerprint density at radius 2 is 2.40 bits per heavy atom. The van der Waals surface area contributed by atoms with Gasteiger partial charge in [-0.1, -0.05) is 0 Å². The van der Waals surface area contributed by atoms with Gasteiger partial charge in [0.05, 0.1) is 0 Å². The topological polar surface area (TPSA) is 58.4 Å². The molecule has 1 aromatic rings. The van der Waals surface area contributed by atoms with Gasteiger partial charge >= 0.3 is 5.97 Å². The van der Waals surface area contributed by atoms with Gasteiger partial charge in [-0.3, -0.25) is 0 Å². The smallest absolute Gasteiger partial charge is 0.356 e. The van der Waals surface area contributed by atoms with E-state index in [1.54, 1.807) is 6.20 Å². The van der Waals surface area contributed by atoms with Crippen LogP contribution >= 0.6 is 0 Å². The summed E-state index contributed by atoms with van der Waals surface area (Å²) in [4.78, 5) is 17.0. The number of nitrogens with zero attached hydrogens (tertiary/aromatic N) is 3. The molecule has 0 saturated heterocycles. The number of aromatic carboxylic acids is 1. The first-order valence-corrected chi connectivity index (χ1v) is 5.03. The highest BCUT2D eigenvalue weighted by Crippen LogP contribution is 2.17. The van der Waals surface area contributed by atoms with E-state index in [-0.39, 0.29) is 5.69 Å². The first kappa shape index (κ1) is 10.2. The Labute approximate surface area is 88.3 Å². The molecule has 1 N–H and O–H groups in total. The van der Waals surface area contributed by atoms with Crippen LogP contribution in [0.3, 0.4) is 0 Å². The van der Waals surface area contributed by atoms with Crippen LogP contribution in [-0.2, 0) is 13.0 Å². The van der Waals surface area contributed by atoms with Crippen LogP contribution in [0.4, 0.5) is 0 Å². The van der Waals surface area contributed by atoms with Gasteiger partial charge in [-0.25, -0.2) is 9.78 Å². The highest BCUT2D eigenvalue weighted by molar-refractivity contribution is 5.85. The summed E-state index contributed by atoms with van der Waals surface area (Å²) in [5.74, 6) is -0.0596. The molecule has 0 spiro atoms. The van der Waals surface area contributed by atoms with Gasteiger partial charge in [0.25, 0.3) is 0 Å². The monoisotopic (exact) mass is 209 g/mol. The summed E-state index contributed by atoms with van der Waals surface area (Å²) in [6.07, 6.45) is 3.51. The van der Waals surface area contributed by atoms with E-state index < -0.39 is 5.97 Å². The van der Waals surface area contributed by atoms with E-state index in [9.17, 15) is 4.79 Å². The van der Waals surface area contributed by atoms with Crippen LogP contribution in [0.2, 0.25) is 0 Å². The fourth-order valence-electron chi connectivity index (χ4n) is 1.96. The van der Waals surface area contributed by atoms with Crippen molar-refractivity contribution in [3.8, 4) is 0 Å². The van der Waals surface area contributed by atoms with Crippen LogP contribution in [0, 0.1) is 0 Å². The minimum Gasteiger partial charge on any atom is -0.476 e. The molecule has 5 nitrogen and oxygen atoms in total. The fraction of sp³-hybridized carbons (Fsp3) is 0.600. The van der Waals surface area contributed by atoms with Crippen molar-refractivity contribution < 1.29 is 9.90 Å². The predicted octanol–water partition coefficient (Wildman–Crippen LogP) is 0.458. The van der Waals surface area contributed by atoms with Gasteiger partial charge < -0.3 is 14.6 Å². The first-order valence-electron chi connectivity index (χ1n) is 5.03. The number of likely N-dealkylation sites (N-methyl/N-ethyl adjacent to an activating group) is 1. The van der Waals surface area contributed by atoms with Crippen molar-refractivity contribution in [3.63, 3.8) is 0 Å². The zero-order chi connectivity index (χ0) is 11.0. The number of imidazole rings is 1. The van der Waals surface area contributed by atoms with Crippen LogP contribution in [0.25, 0.3) is 0 Å². The average Bonchev–Trinajstić information content (AvgIpc) is 2.59. The molecule has 5 heteroatoms. The standard InChI is InChI=1S/C10H15N3O2/c1-12(2)7-3-4-13-6-8(10(14)15)11-9(13)5-7/h6-7H,3-5H2,1-2H3,(H,14,15). The number of aromatic nitrogens is 2. The molecule has 0 fully saturated rings. The summed E-state index contributed by atoms with van der Waals surface area (Å²) in [6, 6.07) is 0.474. The number of hydrogen-bond acceptors (Lipinski definition) is 3. The molecule has 1 atom stereocenters. The molecular weight excluding hydrogens is 194 g/mol. The molecule has 0 saturated carbocycles. The van der Waals surface area contributed by atoms with Crippen molar-refractivity contribution in [1.82, 2.24) is 14.5 Å². The van der Waals surface area contributed by atoms with Crippen LogP contribution in [0.15, 0.2) is 6.20 Å². The molecule has 0 aromatic carbocycles. The van der Waals surface area contributed by atoms with Crippen LogP contribution in [0.1, 0.15) is 22.7 Å². The molecule has 82 valence electrons. The third-order valence-electron chi connectivity index (χ3n) is 2.93. The van der Waals surface area contributed by atoms with Crippen LogP contribution in [-0.4, -0.2) is 45.7 Å². The Morgan fingerprint density at radius 3 is 3.00 bits per heavy atom. The minimum absolute atomic E-state index is 0.157. The van der Waals surface area contributed by atoms with Crippen LogP contribution in [0.5, 0.6) is 0 Å². The highest BCUT2D eigenvalue weighted by atomic mass is 16.4. The molecule has 1 aromatic heterocycles. The minimum atomic E-state index is -0.946. The summed E-state index contributed by atoms with van der Waals surface area (Å²) in [6.45, 7) is 0.860. The molecule has 15 heavy (non-hydrogen) atoms. The summed E-state index contributed by atoms with van der Waals surface area (Å²) in [5.41, 5.74) is 0.157. The van der Waals surface area contributed by atoms with Gasteiger partial charge in [0.1, 0.15) is 5.82 Å². The van der Waals surface area contributed by atoms with Crippen molar-refractivity contribution in [3.05, 3.63) is 17.7 Å². The Balaban J connectivity index is 2.23. The van der Waals surface area contributed by atoms with E-state index in [0.717, 1.165) is 25.2 Å². The maximum Gasteiger partial charge on any atom is 0.356 e. The number of carbonyl (C=O) groups is 1. The molecule has 1 unspecified atom stereocenters. The Morgan fingerprint density at radius 1 is 1.67 bits per heavy atom. The number of carboxylic acid groups (broad SMARTS) is 1. The number of fused-ring (bicyclic) bond motifs is 1. The lowest BCUT2D eigenvalue weighted by Gasteiger charge is -2.28. The lowest BCUT2D eigenvalue weighted by atomic mass is 10.1. The third kappa shape index (κ3) is 1.87. The van der Waals surface area contributed by atoms with E-state index >= 15 is 0 Å². The number of hydrogen-bond donors (Lipinski definition) is 1. The van der Waals surface area contributed by atoms with Crippen molar-refractivity contribution in [2.45, 2.75) is 25.4 Å². The number of carboxylic acids is 1. The Kier molecular flexibility index (Phi) is 2.48. The second-order valence-corrected chi connectivity index (χ2v) is 4.15. The summed E-state index contributed by atoms with van der Waals surface area (Å²) in [5, 5.41) is 8.82. The molecule has 2 heterocycles. The SMILES string of the molecule is CN(C)C1CCn2cc(C(=O)O)nc2C1. The van der Waals surface area contributed by atoms with Gasteiger partial charge in [0.2, 0.25) is 0 Å². The summed E-state index contributed by atoms with van der Waals surface area (Å²) < 4.78 is 1.95. The average molecular weight is 209 g/mol. The Bertz CT molecular complexity index is 384. The zero-order valence-corrected chi connectivity index (χ0v) is 8.97. The van der Waals surface area contributed by atoms with E-state index in [2.05, 4.69) is 9.88 Å². The fourth-order valence-corrected chi connectivity index (χ4v) is 1.96. The van der Waals surface area contributed by atoms with E-state index in [1.165, 1.54) is 0 Å². The third-order valence-corrected chi connectivity index (χ3v) is 2.93. The quantitative estimate of drug-likeness (QED) is 0.768. The molecule has 2 rings (SSSR count). The van der Waals surface area contributed by atoms with Gasteiger partial charge in [-0.2, -0.15) is 0 Å². The number of rotatable bonds is 2. The van der Waals surface area contributed by atoms with Crippen molar-refractivity contribution in [2.75, 3.05) is 14.1 Å². The van der Waals surface area contributed by atoms with E-state index in [4.69, 9.17) is 5.11 Å². The van der Waals surface area contributed by atoms with E-state index in [0.29, 0.717) is 6.04 Å². The van der Waals surface area contributed by atoms with Gasteiger partial charge in [0.15, 0.2) is 5.69 Å². The van der Waals surface area contributed by atoms with Gasteiger partial charge in [0, 0.05) is 25.2 Å². The Hall–Kier alpha value is -1.36. The second-order valence-electron chi connectivity index (χ2n) is 4.15. The lowest BCUT2D eigenvalue weighted by Crippen LogP contribution is -2.35. The molecule has 1 aliphatic heterocycles. The zero-order valence-electron chi connectivity index (χ0n) is 8.97. The summed E-state index contributed by atoms with van der Waals surface area (Å²) >= 11 is 0. The van der Waals surface area contributed by atoms with E-state index in [1.807, 2.05) is 18.7 Å². The summed E-state index contributed by atoms with van der Waals surface area (Å²) in [7, 11) is 4.09. The van der Waals surface area contributed by atoms with Crippen molar-refractivity contribution in [1.29, 1.82) is 0 Å². The molecule has 0 amide bonds. The number of aryl methyl sites for hydroxylation is 1. The predicted molar refractivity (Wildman–Crippen MR) is 55.0 cm³/mol. The maximum atomic E-state index is 10.7. The van der Waals surface area contributed by atoms with Gasteiger partial charge in [-0.05, 0) is 20.5 Å². The second kappa shape index (κ2) is 3.66. The normalized spacial score (nSPS) is 20.3. The molecule has 0 aliphatic carbocycles. The lowest BCUT2D eigenvalue weighted by molar-refractivity contribution is 0.0691. The highest BCUT2D eigenvalue weighted by Gasteiger charge is 2.23. The van der Waals surface area contributed by atoms with Crippen molar-refractivity contribution >= 4 is 5.97 Å². The molecule has 0 radical (unpaired) electrons. The first-order chi connectivity index (χ1) is 7.08. The molecule has 0 bridgehead atoms. The molecular formula is C10H15N3O2. The van der Waals surface area contributed by atoms with Gasteiger partial charge in [-0.15, -0.1) is 0 Å².